The summed E-state index contributed by atoms with van der Waals surface area (Å²) in [4.78, 5) is 17.1. The lowest BCUT2D eigenvalue weighted by Gasteiger charge is -2.15. The summed E-state index contributed by atoms with van der Waals surface area (Å²) in [6.07, 6.45) is 0. The number of aromatic nitrogens is 2. The Morgan fingerprint density at radius 2 is 1.83 bits per heavy atom. The van der Waals surface area contributed by atoms with Crippen molar-refractivity contribution in [3.63, 3.8) is 0 Å². The third kappa shape index (κ3) is 4.68. The maximum atomic E-state index is 13.4. The first-order valence-corrected chi connectivity index (χ1v) is 9.37. The number of nitrogens with zero attached hydrogens (tertiary/aromatic N) is 2. The van der Waals surface area contributed by atoms with Crippen molar-refractivity contribution < 1.29 is 18.7 Å². The fourth-order valence-electron chi connectivity index (χ4n) is 3.24. The molecular formula is C22H23F2N3O2. The van der Waals surface area contributed by atoms with Gasteiger partial charge in [-0.1, -0.05) is 50.2 Å². The Morgan fingerprint density at radius 1 is 1.10 bits per heavy atom. The number of nitrogens with one attached hydrogen (secondary N) is 1. The smallest absolute Gasteiger partial charge is 0.272 e. The highest BCUT2D eigenvalue weighted by molar-refractivity contribution is 5.93. The normalized spacial score (nSPS) is 11.1. The first kappa shape index (κ1) is 20.7. The van der Waals surface area contributed by atoms with Crippen LogP contribution >= 0.6 is 0 Å². The lowest BCUT2D eigenvalue weighted by Crippen LogP contribution is -2.25. The number of amides is 1. The van der Waals surface area contributed by atoms with Crippen LogP contribution in [0.3, 0.4) is 0 Å². The molecule has 0 unspecified atom stereocenters. The Labute approximate surface area is 168 Å². The second kappa shape index (κ2) is 8.96. The quantitative estimate of drug-likeness (QED) is 0.636. The summed E-state index contributed by atoms with van der Waals surface area (Å²) in [7, 11) is 0. The number of hydrogen-bond donors (Lipinski definition) is 2. The fraction of sp³-hybridized carbons (Fsp3) is 0.273. The van der Waals surface area contributed by atoms with E-state index in [9.17, 15) is 18.7 Å². The molecule has 0 bridgehead atoms. The Balaban J connectivity index is 1.87. The maximum absolute atomic E-state index is 13.4. The van der Waals surface area contributed by atoms with E-state index in [0.717, 1.165) is 17.7 Å². The fourth-order valence-corrected chi connectivity index (χ4v) is 3.24. The van der Waals surface area contributed by atoms with Crippen molar-refractivity contribution in [2.45, 2.75) is 39.5 Å². The van der Waals surface area contributed by atoms with E-state index in [0.29, 0.717) is 23.6 Å². The predicted octanol–water partition coefficient (Wildman–Crippen LogP) is 3.76. The number of rotatable bonds is 7. The van der Waals surface area contributed by atoms with Crippen molar-refractivity contribution in [1.29, 1.82) is 0 Å². The minimum atomic E-state index is -0.964. The number of aliphatic hydroxyl groups is 1. The van der Waals surface area contributed by atoms with Crippen molar-refractivity contribution >= 4 is 5.91 Å². The zero-order chi connectivity index (χ0) is 21.0. The standard InChI is InChI=1S/C22H23F2N3O2/c1-14(2)21-20(22(29)25-11-16-8-9-17(23)18(24)10-16)26-19(13-28)27(21)12-15-6-4-3-5-7-15/h3-10,14,28H,11-13H2,1-2H3,(H,25,29). The molecule has 1 aromatic heterocycles. The van der Waals surface area contributed by atoms with E-state index in [1.165, 1.54) is 6.07 Å². The van der Waals surface area contributed by atoms with Crippen LogP contribution in [0.4, 0.5) is 8.78 Å². The van der Waals surface area contributed by atoms with Crippen LogP contribution in [-0.2, 0) is 19.7 Å². The number of benzene rings is 2. The molecule has 0 spiro atoms. The average Bonchev–Trinajstić information content (AvgIpc) is 3.08. The van der Waals surface area contributed by atoms with Crippen molar-refractivity contribution in [2.75, 3.05) is 0 Å². The van der Waals surface area contributed by atoms with Gasteiger partial charge in [-0.25, -0.2) is 13.8 Å². The predicted molar refractivity (Wildman–Crippen MR) is 105 cm³/mol. The highest BCUT2D eigenvalue weighted by Gasteiger charge is 2.24. The molecule has 5 nitrogen and oxygen atoms in total. The molecule has 152 valence electrons. The number of imidazole rings is 1. The number of carbonyl (C=O) groups is 1. The number of carbonyl (C=O) groups excluding carboxylic acids is 1. The van der Waals surface area contributed by atoms with Gasteiger partial charge in [0.25, 0.3) is 5.91 Å². The van der Waals surface area contributed by atoms with E-state index < -0.39 is 17.5 Å². The lowest BCUT2D eigenvalue weighted by molar-refractivity contribution is 0.0944. The van der Waals surface area contributed by atoms with E-state index in [2.05, 4.69) is 10.3 Å². The highest BCUT2D eigenvalue weighted by atomic mass is 19.2. The third-order valence-electron chi connectivity index (χ3n) is 4.61. The highest BCUT2D eigenvalue weighted by Crippen LogP contribution is 2.23. The molecule has 29 heavy (non-hydrogen) atoms. The topological polar surface area (TPSA) is 67.2 Å². The molecule has 1 amide bonds. The van der Waals surface area contributed by atoms with Crippen LogP contribution in [0.2, 0.25) is 0 Å². The van der Waals surface area contributed by atoms with Crippen LogP contribution in [0.1, 0.15) is 52.9 Å². The van der Waals surface area contributed by atoms with Crippen LogP contribution in [0.25, 0.3) is 0 Å². The Bertz CT molecular complexity index is 1000. The van der Waals surface area contributed by atoms with Crippen LogP contribution < -0.4 is 5.32 Å². The molecule has 3 rings (SSSR count). The molecular weight excluding hydrogens is 376 g/mol. The van der Waals surface area contributed by atoms with Crippen LogP contribution in [0.15, 0.2) is 48.5 Å². The van der Waals surface area contributed by atoms with Gasteiger partial charge in [0, 0.05) is 13.1 Å². The summed E-state index contributed by atoms with van der Waals surface area (Å²) in [5.74, 6) is -1.95. The van der Waals surface area contributed by atoms with Crippen molar-refractivity contribution in [2.24, 2.45) is 0 Å². The van der Waals surface area contributed by atoms with Gasteiger partial charge < -0.3 is 15.0 Å². The molecule has 0 atom stereocenters. The Kier molecular flexibility index (Phi) is 6.39. The Hall–Kier alpha value is -3.06. The summed E-state index contributed by atoms with van der Waals surface area (Å²) < 4.78 is 28.3. The number of aliphatic hydroxyl groups excluding tert-OH is 1. The van der Waals surface area contributed by atoms with Gasteiger partial charge in [-0.05, 0) is 29.2 Å². The summed E-state index contributed by atoms with van der Waals surface area (Å²) >= 11 is 0. The number of hydrogen-bond acceptors (Lipinski definition) is 3. The summed E-state index contributed by atoms with van der Waals surface area (Å²) in [6.45, 7) is 4.11. The largest absolute Gasteiger partial charge is 0.388 e. The van der Waals surface area contributed by atoms with E-state index in [1.54, 1.807) is 0 Å². The van der Waals surface area contributed by atoms with Crippen molar-refractivity contribution in [1.82, 2.24) is 14.9 Å². The first-order valence-electron chi connectivity index (χ1n) is 9.37. The van der Waals surface area contributed by atoms with Crippen LogP contribution in [0, 0.1) is 11.6 Å². The zero-order valence-electron chi connectivity index (χ0n) is 16.3. The van der Waals surface area contributed by atoms with Gasteiger partial charge in [-0.3, -0.25) is 4.79 Å². The van der Waals surface area contributed by atoms with Crippen molar-refractivity contribution in [3.05, 3.63) is 88.5 Å². The van der Waals surface area contributed by atoms with E-state index in [4.69, 9.17) is 0 Å². The van der Waals surface area contributed by atoms with Crippen LogP contribution in [-0.4, -0.2) is 20.6 Å². The zero-order valence-corrected chi connectivity index (χ0v) is 16.3. The molecule has 2 N–H and O–H groups in total. The first-order chi connectivity index (χ1) is 13.9. The summed E-state index contributed by atoms with van der Waals surface area (Å²) in [5.41, 5.74) is 2.40. The summed E-state index contributed by atoms with van der Waals surface area (Å²) in [6, 6.07) is 13.2. The van der Waals surface area contributed by atoms with Gasteiger partial charge in [0.15, 0.2) is 11.6 Å². The van der Waals surface area contributed by atoms with Gasteiger partial charge in [0.05, 0.1) is 5.69 Å². The maximum Gasteiger partial charge on any atom is 0.272 e. The molecule has 0 aliphatic heterocycles. The van der Waals surface area contributed by atoms with E-state index in [1.807, 2.05) is 48.7 Å². The molecule has 0 saturated heterocycles. The second-order valence-corrected chi connectivity index (χ2v) is 7.08. The lowest BCUT2D eigenvalue weighted by atomic mass is 10.1. The van der Waals surface area contributed by atoms with Gasteiger partial charge in [-0.15, -0.1) is 0 Å². The second-order valence-electron chi connectivity index (χ2n) is 7.08. The molecule has 7 heteroatoms. The summed E-state index contributed by atoms with van der Waals surface area (Å²) in [5, 5.41) is 12.5. The Morgan fingerprint density at radius 3 is 2.45 bits per heavy atom. The van der Waals surface area contributed by atoms with E-state index >= 15 is 0 Å². The molecule has 2 aromatic carbocycles. The molecule has 0 saturated carbocycles. The number of halogens is 2. The molecule has 0 aliphatic carbocycles. The van der Waals surface area contributed by atoms with Gasteiger partial charge >= 0.3 is 0 Å². The third-order valence-corrected chi connectivity index (χ3v) is 4.61. The monoisotopic (exact) mass is 399 g/mol. The molecule has 0 aliphatic rings. The molecule has 3 aromatic rings. The van der Waals surface area contributed by atoms with Gasteiger partial charge in [0.1, 0.15) is 18.1 Å². The molecule has 0 fully saturated rings. The SMILES string of the molecule is CC(C)c1c(C(=O)NCc2ccc(F)c(F)c2)nc(CO)n1Cc1ccccc1. The van der Waals surface area contributed by atoms with Crippen molar-refractivity contribution in [3.8, 4) is 0 Å². The van der Waals surface area contributed by atoms with Crippen LogP contribution in [0.5, 0.6) is 0 Å². The van der Waals surface area contributed by atoms with Gasteiger partial charge in [-0.2, -0.15) is 0 Å². The average molecular weight is 399 g/mol. The molecule has 1 heterocycles. The molecule has 0 radical (unpaired) electrons. The van der Waals surface area contributed by atoms with Gasteiger partial charge in [0.2, 0.25) is 0 Å². The minimum absolute atomic E-state index is 0.0180. The van der Waals surface area contributed by atoms with E-state index in [-0.39, 0.29) is 24.8 Å². The minimum Gasteiger partial charge on any atom is -0.388 e.